The van der Waals surface area contributed by atoms with Gasteiger partial charge in [-0.3, -0.25) is 9.59 Å². The van der Waals surface area contributed by atoms with Crippen LogP contribution in [0.2, 0.25) is 0 Å². The van der Waals surface area contributed by atoms with Crippen LogP contribution in [-0.4, -0.2) is 49.7 Å². The smallest absolute Gasteiger partial charge is 0.310 e. The van der Waals surface area contributed by atoms with Gasteiger partial charge < -0.3 is 14.4 Å². The van der Waals surface area contributed by atoms with Gasteiger partial charge in [0.2, 0.25) is 5.91 Å². The molecule has 0 aliphatic carbocycles. The predicted molar refractivity (Wildman–Crippen MR) is 76.2 cm³/mol. The second kappa shape index (κ2) is 8.25. The van der Waals surface area contributed by atoms with Gasteiger partial charge in [0.15, 0.2) is 0 Å². The monoisotopic (exact) mass is 285 g/mol. The molecule has 0 aromatic carbocycles. The molecular weight excluding hydrogens is 258 g/mol. The molecule has 0 saturated carbocycles. The molecule has 1 saturated heterocycles. The molecule has 116 valence electrons. The molecular formula is C15H27NO4. The summed E-state index contributed by atoms with van der Waals surface area (Å²) in [6, 6.07) is 0. The lowest BCUT2D eigenvalue weighted by molar-refractivity contribution is -0.147. The molecule has 0 aromatic rings. The number of carbonyl (C=O) groups excluding carboxylic acids is 2. The van der Waals surface area contributed by atoms with Crippen molar-refractivity contribution in [3.63, 3.8) is 0 Å². The summed E-state index contributed by atoms with van der Waals surface area (Å²) in [6.07, 6.45) is 2.64. The molecule has 20 heavy (non-hydrogen) atoms. The largest absolute Gasteiger partial charge is 0.469 e. The van der Waals surface area contributed by atoms with Crippen molar-refractivity contribution in [3.8, 4) is 0 Å². The minimum absolute atomic E-state index is 0.0891. The van der Waals surface area contributed by atoms with Crippen LogP contribution in [0, 0.1) is 11.8 Å². The molecule has 0 radical (unpaired) electrons. The fraction of sp³-hybridized carbons (Fsp3) is 0.867. The molecule has 2 atom stereocenters. The van der Waals surface area contributed by atoms with Crippen molar-refractivity contribution >= 4 is 11.9 Å². The number of rotatable bonds is 7. The Bertz CT molecular complexity index is 324. The summed E-state index contributed by atoms with van der Waals surface area (Å²) in [5.74, 6) is -0.189. The number of amides is 1. The van der Waals surface area contributed by atoms with Gasteiger partial charge >= 0.3 is 5.97 Å². The highest BCUT2D eigenvalue weighted by Crippen LogP contribution is 2.16. The van der Waals surface area contributed by atoms with Crippen molar-refractivity contribution in [3.05, 3.63) is 0 Å². The fourth-order valence-electron chi connectivity index (χ4n) is 2.40. The predicted octanol–water partition coefficient (Wildman–Crippen LogP) is 1.85. The first-order valence-corrected chi connectivity index (χ1v) is 7.41. The molecule has 1 aliphatic heterocycles. The van der Waals surface area contributed by atoms with Gasteiger partial charge in [-0.05, 0) is 18.8 Å². The number of ether oxygens (including phenoxy) is 2. The molecule has 1 rings (SSSR count). The van der Waals surface area contributed by atoms with E-state index >= 15 is 0 Å². The molecule has 5 nitrogen and oxygen atoms in total. The molecule has 1 fully saturated rings. The molecule has 5 heteroatoms. The maximum absolute atomic E-state index is 12.3. The van der Waals surface area contributed by atoms with E-state index in [1.54, 1.807) is 11.8 Å². The van der Waals surface area contributed by atoms with Gasteiger partial charge in [-0.25, -0.2) is 0 Å². The number of nitrogens with zero attached hydrogens (tertiary/aromatic N) is 1. The van der Waals surface area contributed by atoms with Crippen LogP contribution in [0.1, 0.15) is 40.0 Å². The minimum atomic E-state index is -0.308. The van der Waals surface area contributed by atoms with E-state index in [9.17, 15) is 9.59 Å². The first kappa shape index (κ1) is 17.0. The van der Waals surface area contributed by atoms with E-state index in [0.717, 1.165) is 19.4 Å². The third-order valence-electron chi connectivity index (χ3n) is 3.48. The van der Waals surface area contributed by atoms with E-state index in [0.29, 0.717) is 25.4 Å². The lowest BCUT2D eigenvalue weighted by Gasteiger charge is -2.28. The Morgan fingerprint density at radius 1 is 1.35 bits per heavy atom. The Balaban J connectivity index is 2.61. The maximum atomic E-state index is 12.3. The Hall–Kier alpha value is -1.10. The second-order valence-electron chi connectivity index (χ2n) is 5.96. The van der Waals surface area contributed by atoms with Crippen LogP contribution in [0.25, 0.3) is 0 Å². The molecule has 0 N–H and O–H groups in total. The molecule has 1 heterocycles. The number of hydrogen-bond acceptors (Lipinski definition) is 4. The summed E-state index contributed by atoms with van der Waals surface area (Å²) in [4.78, 5) is 25.6. The Labute approximate surface area is 121 Å². The third-order valence-corrected chi connectivity index (χ3v) is 3.48. The second-order valence-corrected chi connectivity index (χ2v) is 5.96. The quantitative estimate of drug-likeness (QED) is 0.670. The van der Waals surface area contributed by atoms with Crippen molar-refractivity contribution < 1.29 is 19.1 Å². The van der Waals surface area contributed by atoms with Gasteiger partial charge in [-0.1, -0.05) is 20.8 Å². The summed E-state index contributed by atoms with van der Waals surface area (Å²) in [5.41, 5.74) is 0. The summed E-state index contributed by atoms with van der Waals surface area (Å²) in [7, 11) is 1.37. The van der Waals surface area contributed by atoms with Crippen LogP contribution >= 0.6 is 0 Å². The summed E-state index contributed by atoms with van der Waals surface area (Å²) in [5, 5.41) is 0. The Morgan fingerprint density at radius 3 is 2.55 bits per heavy atom. The van der Waals surface area contributed by atoms with E-state index in [2.05, 4.69) is 0 Å². The van der Waals surface area contributed by atoms with Crippen LogP contribution in [0.4, 0.5) is 0 Å². The minimum Gasteiger partial charge on any atom is -0.469 e. The van der Waals surface area contributed by atoms with Crippen molar-refractivity contribution in [1.29, 1.82) is 0 Å². The van der Waals surface area contributed by atoms with E-state index in [1.165, 1.54) is 7.11 Å². The third kappa shape index (κ3) is 5.49. The van der Waals surface area contributed by atoms with Gasteiger partial charge in [-0.15, -0.1) is 0 Å². The van der Waals surface area contributed by atoms with Gasteiger partial charge in [0.1, 0.15) is 0 Å². The fourth-order valence-corrected chi connectivity index (χ4v) is 2.40. The van der Waals surface area contributed by atoms with E-state index in [4.69, 9.17) is 9.47 Å². The SMILES string of the molecule is COC(=O)C(C)CN(CC1CCCO1)C(=O)CC(C)C. The first-order valence-electron chi connectivity index (χ1n) is 7.41. The number of carbonyl (C=O) groups is 2. The average molecular weight is 285 g/mol. The zero-order valence-electron chi connectivity index (χ0n) is 13.1. The van der Waals surface area contributed by atoms with Crippen LogP contribution < -0.4 is 0 Å². The number of esters is 1. The highest BCUT2D eigenvalue weighted by molar-refractivity contribution is 5.78. The van der Waals surface area contributed by atoms with Crippen molar-refractivity contribution in [2.75, 3.05) is 26.8 Å². The molecule has 1 amide bonds. The summed E-state index contributed by atoms with van der Waals surface area (Å²) >= 11 is 0. The first-order chi connectivity index (χ1) is 9.43. The standard InChI is InChI=1S/C15H27NO4/c1-11(2)8-14(17)16(9-12(3)15(18)19-4)10-13-6-5-7-20-13/h11-13H,5-10H2,1-4H3. The van der Waals surface area contributed by atoms with Crippen molar-refractivity contribution in [2.24, 2.45) is 11.8 Å². The summed E-state index contributed by atoms with van der Waals surface area (Å²) < 4.78 is 10.3. The van der Waals surface area contributed by atoms with E-state index in [1.807, 2.05) is 13.8 Å². The Kier molecular flexibility index (Phi) is 6.99. The highest BCUT2D eigenvalue weighted by atomic mass is 16.5. The van der Waals surface area contributed by atoms with Gasteiger partial charge in [0.05, 0.1) is 19.1 Å². The number of hydrogen-bond donors (Lipinski definition) is 0. The van der Waals surface area contributed by atoms with Crippen LogP contribution in [0.15, 0.2) is 0 Å². The average Bonchev–Trinajstić information content (AvgIpc) is 2.88. The van der Waals surface area contributed by atoms with E-state index < -0.39 is 0 Å². The zero-order chi connectivity index (χ0) is 15.1. The van der Waals surface area contributed by atoms with Crippen LogP contribution in [0.5, 0.6) is 0 Å². The molecule has 0 aromatic heterocycles. The topological polar surface area (TPSA) is 55.8 Å². The van der Waals surface area contributed by atoms with Crippen LogP contribution in [0.3, 0.4) is 0 Å². The molecule has 1 aliphatic rings. The van der Waals surface area contributed by atoms with Gasteiger partial charge in [-0.2, -0.15) is 0 Å². The van der Waals surface area contributed by atoms with Gasteiger partial charge in [0.25, 0.3) is 0 Å². The lowest BCUT2D eigenvalue weighted by atomic mass is 10.1. The van der Waals surface area contributed by atoms with E-state index in [-0.39, 0.29) is 23.9 Å². The van der Waals surface area contributed by atoms with Crippen LogP contribution in [-0.2, 0) is 19.1 Å². The molecule has 0 spiro atoms. The number of methoxy groups -OCH3 is 1. The molecule has 0 bridgehead atoms. The molecule has 2 unspecified atom stereocenters. The maximum Gasteiger partial charge on any atom is 0.310 e. The van der Waals surface area contributed by atoms with Gasteiger partial charge in [0, 0.05) is 26.1 Å². The lowest BCUT2D eigenvalue weighted by Crippen LogP contribution is -2.42. The zero-order valence-corrected chi connectivity index (χ0v) is 13.1. The highest BCUT2D eigenvalue weighted by Gasteiger charge is 2.26. The Morgan fingerprint density at radius 2 is 2.05 bits per heavy atom. The summed E-state index contributed by atoms with van der Waals surface area (Å²) in [6.45, 7) is 7.57. The normalized spacial score (nSPS) is 19.9. The van der Waals surface area contributed by atoms with Crippen molar-refractivity contribution in [1.82, 2.24) is 4.90 Å². The van der Waals surface area contributed by atoms with Crippen molar-refractivity contribution in [2.45, 2.75) is 46.1 Å².